The number of alkyl halides is 1. The predicted octanol–water partition coefficient (Wildman–Crippen LogP) is 2.97. The van der Waals surface area contributed by atoms with Gasteiger partial charge in [-0.2, -0.15) is 0 Å². The number of hydrogen-bond donors (Lipinski definition) is 0. The van der Waals surface area contributed by atoms with Crippen LogP contribution in [0.3, 0.4) is 0 Å². The van der Waals surface area contributed by atoms with Gasteiger partial charge in [-0.15, -0.1) is 0 Å². The fourth-order valence-electron chi connectivity index (χ4n) is 1.46. The van der Waals surface area contributed by atoms with Crippen LogP contribution in [0, 0.1) is 0 Å². The van der Waals surface area contributed by atoms with Crippen LogP contribution in [0.4, 0.5) is 0 Å². The third-order valence-corrected chi connectivity index (χ3v) is 2.73. The van der Waals surface area contributed by atoms with Crippen molar-refractivity contribution in [3.05, 3.63) is 29.8 Å². The first kappa shape index (κ1) is 7.93. The minimum atomic E-state index is -0.482. The normalized spacial score (nSPS) is 26.5. The number of halogens is 1. The molecule has 12 heavy (non-hydrogen) atoms. The lowest BCUT2D eigenvalue weighted by Gasteiger charge is -2.18. The van der Waals surface area contributed by atoms with E-state index in [4.69, 9.17) is 16.3 Å². The highest BCUT2D eigenvalue weighted by Crippen LogP contribution is 2.39. The summed E-state index contributed by atoms with van der Waals surface area (Å²) < 4.78 is 5.61. The SMILES string of the molecule is CCC1(Cl)Cc2ccccc2O1. The van der Waals surface area contributed by atoms with Crippen molar-refractivity contribution in [3.8, 4) is 5.75 Å². The Kier molecular flexibility index (Phi) is 1.76. The zero-order valence-electron chi connectivity index (χ0n) is 7.01. The van der Waals surface area contributed by atoms with E-state index in [0.29, 0.717) is 0 Å². The van der Waals surface area contributed by atoms with Crippen molar-refractivity contribution in [2.45, 2.75) is 24.8 Å². The molecule has 1 atom stereocenters. The molecule has 0 saturated carbocycles. The summed E-state index contributed by atoms with van der Waals surface area (Å²) in [5.74, 6) is 0.939. The molecule has 1 nitrogen and oxygen atoms in total. The summed E-state index contributed by atoms with van der Waals surface area (Å²) >= 11 is 6.20. The number of hydrogen-bond acceptors (Lipinski definition) is 1. The Balaban J connectivity index is 2.33. The highest BCUT2D eigenvalue weighted by molar-refractivity contribution is 6.23. The molecule has 0 saturated heterocycles. The van der Waals surface area contributed by atoms with Gasteiger partial charge in [0, 0.05) is 6.42 Å². The van der Waals surface area contributed by atoms with Crippen LogP contribution in [-0.4, -0.2) is 5.06 Å². The molecule has 0 aromatic heterocycles. The Hall–Kier alpha value is -0.690. The van der Waals surface area contributed by atoms with E-state index in [1.807, 2.05) is 25.1 Å². The van der Waals surface area contributed by atoms with E-state index >= 15 is 0 Å². The lowest BCUT2D eigenvalue weighted by molar-refractivity contribution is 0.182. The molecule has 0 aliphatic carbocycles. The number of para-hydroxylation sites is 1. The Morgan fingerprint density at radius 3 is 2.92 bits per heavy atom. The molecular weight excluding hydrogens is 172 g/mol. The fraction of sp³-hybridized carbons (Fsp3) is 0.400. The second kappa shape index (κ2) is 2.67. The van der Waals surface area contributed by atoms with Crippen LogP contribution in [0.5, 0.6) is 5.75 Å². The van der Waals surface area contributed by atoms with Gasteiger partial charge in [0.2, 0.25) is 0 Å². The van der Waals surface area contributed by atoms with Crippen LogP contribution in [0.25, 0.3) is 0 Å². The minimum absolute atomic E-state index is 0.482. The molecule has 0 spiro atoms. The summed E-state index contributed by atoms with van der Waals surface area (Å²) in [6, 6.07) is 8.02. The molecule has 2 heteroatoms. The summed E-state index contributed by atoms with van der Waals surface area (Å²) in [5, 5.41) is -0.482. The fourth-order valence-corrected chi connectivity index (χ4v) is 1.69. The number of ether oxygens (including phenoxy) is 1. The molecule has 0 bridgehead atoms. The molecule has 0 radical (unpaired) electrons. The summed E-state index contributed by atoms with van der Waals surface area (Å²) in [6.45, 7) is 2.04. The van der Waals surface area contributed by atoms with E-state index in [-0.39, 0.29) is 0 Å². The predicted molar refractivity (Wildman–Crippen MR) is 49.6 cm³/mol. The van der Waals surface area contributed by atoms with Crippen LogP contribution >= 0.6 is 11.6 Å². The van der Waals surface area contributed by atoms with Crippen molar-refractivity contribution in [1.29, 1.82) is 0 Å². The zero-order chi connectivity index (χ0) is 8.60. The average Bonchev–Trinajstić information content (AvgIpc) is 2.42. The highest BCUT2D eigenvalue weighted by atomic mass is 35.5. The molecule has 1 aliphatic rings. The Bertz CT molecular complexity index is 271. The number of benzene rings is 1. The van der Waals surface area contributed by atoms with Crippen molar-refractivity contribution in [2.75, 3.05) is 0 Å². The first-order valence-electron chi connectivity index (χ1n) is 4.19. The first-order chi connectivity index (χ1) is 5.73. The van der Waals surface area contributed by atoms with Crippen molar-refractivity contribution >= 4 is 11.6 Å². The second-order valence-electron chi connectivity index (χ2n) is 3.12. The van der Waals surface area contributed by atoms with E-state index in [1.54, 1.807) is 0 Å². The average molecular weight is 183 g/mol. The van der Waals surface area contributed by atoms with E-state index < -0.39 is 5.06 Å². The topological polar surface area (TPSA) is 9.23 Å². The molecular formula is C10H11ClO. The Morgan fingerprint density at radius 2 is 2.25 bits per heavy atom. The van der Waals surface area contributed by atoms with E-state index in [9.17, 15) is 0 Å². The maximum absolute atomic E-state index is 6.20. The van der Waals surface area contributed by atoms with E-state index in [2.05, 4.69) is 6.07 Å². The molecule has 1 aliphatic heterocycles. The summed E-state index contributed by atoms with van der Waals surface area (Å²) in [5.41, 5.74) is 1.22. The minimum Gasteiger partial charge on any atom is -0.471 e. The van der Waals surface area contributed by atoms with Crippen molar-refractivity contribution < 1.29 is 4.74 Å². The molecule has 0 N–H and O–H groups in total. The van der Waals surface area contributed by atoms with Gasteiger partial charge in [0.1, 0.15) is 5.75 Å². The van der Waals surface area contributed by atoms with Crippen molar-refractivity contribution in [1.82, 2.24) is 0 Å². The van der Waals surface area contributed by atoms with Gasteiger partial charge in [0.05, 0.1) is 0 Å². The molecule has 1 aromatic rings. The van der Waals surface area contributed by atoms with Crippen LogP contribution < -0.4 is 4.74 Å². The maximum atomic E-state index is 6.20. The number of rotatable bonds is 1. The van der Waals surface area contributed by atoms with Crippen molar-refractivity contribution in [2.24, 2.45) is 0 Å². The van der Waals surface area contributed by atoms with Gasteiger partial charge in [-0.25, -0.2) is 0 Å². The van der Waals surface area contributed by atoms with Gasteiger partial charge in [0.25, 0.3) is 0 Å². The monoisotopic (exact) mass is 182 g/mol. The first-order valence-corrected chi connectivity index (χ1v) is 4.57. The van der Waals surface area contributed by atoms with Crippen LogP contribution in [0.1, 0.15) is 18.9 Å². The lowest BCUT2D eigenvalue weighted by atomic mass is 10.1. The zero-order valence-corrected chi connectivity index (χ0v) is 7.77. The van der Waals surface area contributed by atoms with Crippen molar-refractivity contribution in [3.63, 3.8) is 0 Å². The quantitative estimate of drug-likeness (QED) is 0.607. The molecule has 64 valence electrons. The van der Waals surface area contributed by atoms with Gasteiger partial charge in [-0.3, -0.25) is 0 Å². The van der Waals surface area contributed by atoms with Gasteiger partial charge in [-0.1, -0.05) is 36.7 Å². The molecule has 1 aromatic carbocycles. The Morgan fingerprint density at radius 1 is 1.50 bits per heavy atom. The van der Waals surface area contributed by atoms with Crippen LogP contribution in [0.2, 0.25) is 0 Å². The number of fused-ring (bicyclic) bond motifs is 1. The molecule has 2 rings (SSSR count). The standard InChI is InChI=1S/C10H11ClO/c1-2-10(11)7-8-5-3-4-6-9(8)12-10/h3-6H,2,7H2,1H3. The highest BCUT2D eigenvalue weighted by Gasteiger charge is 2.34. The summed E-state index contributed by atoms with van der Waals surface area (Å²) in [7, 11) is 0. The Labute approximate surface area is 77.3 Å². The maximum Gasteiger partial charge on any atom is 0.186 e. The van der Waals surface area contributed by atoms with Crippen LogP contribution in [-0.2, 0) is 6.42 Å². The molecule has 0 amide bonds. The third kappa shape index (κ3) is 1.18. The van der Waals surface area contributed by atoms with E-state index in [0.717, 1.165) is 18.6 Å². The van der Waals surface area contributed by atoms with Gasteiger partial charge >= 0.3 is 0 Å². The molecule has 1 unspecified atom stereocenters. The van der Waals surface area contributed by atoms with Gasteiger partial charge in [0.15, 0.2) is 5.06 Å². The van der Waals surface area contributed by atoms with Crippen LogP contribution in [0.15, 0.2) is 24.3 Å². The van der Waals surface area contributed by atoms with Gasteiger partial charge in [-0.05, 0) is 18.1 Å². The van der Waals surface area contributed by atoms with Gasteiger partial charge < -0.3 is 4.74 Å². The summed E-state index contributed by atoms with van der Waals surface area (Å²) in [4.78, 5) is 0. The third-order valence-electron chi connectivity index (χ3n) is 2.25. The smallest absolute Gasteiger partial charge is 0.186 e. The lowest BCUT2D eigenvalue weighted by Crippen LogP contribution is -2.25. The second-order valence-corrected chi connectivity index (χ2v) is 3.81. The molecule has 1 heterocycles. The van der Waals surface area contributed by atoms with E-state index in [1.165, 1.54) is 5.56 Å². The molecule has 0 fully saturated rings. The largest absolute Gasteiger partial charge is 0.471 e. The summed E-state index contributed by atoms with van der Waals surface area (Å²) in [6.07, 6.45) is 1.66.